The third-order valence-electron chi connectivity index (χ3n) is 3.83. The highest BCUT2D eigenvalue weighted by atomic mass is 79.9. The smallest absolute Gasteiger partial charge is 0.412 e. The van der Waals surface area contributed by atoms with E-state index in [0.29, 0.717) is 10.2 Å². The fourth-order valence-corrected chi connectivity index (χ4v) is 3.16. The van der Waals surface area contributed by atoms with Crippen LogP contribution in [-0.2, 0) is 14.3 Å². The standard InChI is InChI=1S/C20H20Br2N2O6/c1-2-29-17(9-10-18(26)24-28)19(15-11-13(22)5-8-16(15)25)30-20(27)23-14-6-3-12(21)4-7-14/h3-11,17,19,25,28H,2H2,1H3,(H,23,27)(H,24,26)/b10-9+/t17-,19-/m0/s1. The molecular formula is C20H20Br2N2O6. The average molecular weight is 544 g/mol. The summed E-state index contributed by atoms with van der Waals surface area (Å²) in [5, 5.41) is 21.7. The van der Waals surface area contributed by atoms with Crippen molar-refractivity contribution in [2.24, 2.45) is 0 Å². The number of hydrogen-bond acceptors (Lipinski definition) is 6. The zero-order valence-corrected chi connectivity index (χ0v) is 19.0. The van der Waals surface area contributed by atoms with Crippen LogP contribution in [0.4, 0.5) is 10.5 Å². The van der Waals surface area contributed by atoms with Gasteiger partial charge in [0.15, 0.2) is 6.10 Å². The van der Waals surface area contributed by atoms with E-state index in [0.717, 1.165) is 10.5 Å². The van der Waals surface area contributed by atoms with E-state index in [-0.39, 0.29) is 17.9 Å². The number of hydroxylamine groups is 1. The van der Waals surface area contributed by atoms with Gasteiger partial charge in [0.25, 0.3) is 5.91 Å². The predicted octanol–water partition coefficient (Wildman–Crippen LogP) is 4.67. The number of nitrogens with one attached hydrogen (secondary N) is 2. The van der Waals surface area contributed by atoms with Crippen LogP contribution >= 0.6 is 31.9 Å². The van der Waals surface area contributed by atoms with Crippen molar-refractivity contribution in [1.82, 2.24) is 5.48 Å². The number of benzene rings is 2. The van der Waals surface area contributed by atoms with E-state index in [1.54, 1.807) is 43.3 Å². The van der Waals surface area contributed by atoms with Crippen LogP contribution in [0.25, 0.3) is 0 Å². The van der Waals surface area contributed by atoms with E-state index in [1.165, 1.54) is 17.6 Å². The number of phenols is 1. The van der Waals surface area contributed by atoms with E-state index in [9.17, 15) is 14.7 Å². The van der Waals surface area contributed by atoms with Gasteiger partial charge in [0.1, 0.15) is 11.9 Å². The zero-order chi connectivity index (χ0) is 22.1. The van der Waals surface area contributed by atoms with Crippen LogP contribution in [0.15, 0.2) is 63.6 Å². The van der Waals surface area contributed by atoms with Gasteiger partial charge < -0.3 is 14.6 Å². The van der Waals surface area contributed by atoms with Crippen LogP contribution < -0.4 is 10.8 Å². The second kappa shape index (κ2) is 11.7. The predicted molar refractivity (Wildman–Crippen MR) is 117 cm³/mol. The number of halogens is 2. The van der Waals surface area contributed by atoms with E-state index < -0.39 is 24.2 Å². The van der Waals surface area contributed by atoms with Crippen molar-refractivity contribution in [2.75, 3.05) is 11.9 Å². The van der Waals surface area contributed by atoms with Crippen molar-refractivity contribution >= 4 is 49.5 Å². The molecule has 8 nitrogen and oxygen atoms in total. The minimum Gasteiger partial charge on any atom is -0.508 e. The third kappa shape index (κ3) is 7.13. The number of hydrogen-bond donors (Lipinski definition) is 4. The van der Waals surface area contributed by atoms with Gasteiger partial charge in [0.05, 0.1) is 0 Å². The summed E-state index contributed by atoms with van der Waals surface area (Å²) in [6, 6.07) is 11.5. The lowest BCUT2D eigenvalue weighted by Crippen LogP contribution is -2.28. The highest BCUT2D eigenvalue weighted by Crippen LogP contribution is 2.34. The van der Waals surface area contributed by atoms with Crippen molar-refractivity contribution < 1.29 is 29.4 Å². The number of ether oxygens (including phenoxy) is 2. The molecule has 0 spiro atoms. The maximum absolute atomic E-state index is 12.5. The fourth-order valence-electron chi connectivity index (χ4n) is 2.51. The van der Waals surface area contributed by atoms with Crippen molar-refractivity contribution in [3.63, 3.8) is 0 Å². The highest BCUT2D eigenvalue weighted by molar-refractivity contribution is 9.10. The van der Waals surface area contributed by atoms with E-state index >= 15 is 0 Å². The Hall–Kier alpha value is -2.40. The topological polar surface area (TPSA) is 117 Å². The number of phenolic OH excluding ortho intramolecular Hbond substituents is 1. The Labute approximate surface area is 190 Å². The van der Waals surface area contributed by atoms with Crippen LogP contribution in [0.2, 0.25) is 0 Å². The second-order valence-corrected chi connectivity index (χ2v) is 7.75. The first kappa shape index (κ1) is 23.9. The van der Waals surface area contributed by atoms with Crippen LogP contribution in [0.5, 0.6) is 5.75 Å². The van der Waals surface area contributed by atoms with Crippen molar-refractivity contribution in [2.45, 2.75) is 19.1 Å². The molecular weight excluding hydrogens is 524 g/mol. The minimum atomic E-state index is -1.10. The normalized spacial score (nSPS) is 12.9. The molecule has 0 saturated heterocycles. The monoisotopic (exact) mass is 542 g/mol. The minimum absolute atomic E-state index is 0.121. The summed E-state index contributed by atoms with van der Waals surface area (Å²) < 4.78 is 12.7. The number of aromatic hydroxyl groups is 1. The fraction of sp³-hybridized carbons (Fsp3) is 0.200. The number of amides is 2. The molecule has 0 heterocycles. The Bertz CT molecular complexity index is 905. The van der Waals surface area contributed by atoms with Gasteiger partial charge in [-0.1, -0.05) is 31.9 Å². The van der Waals surface area contributed by atoms with Gasteiger partial charge in [-0.3, -0.25) is 15.3 Å². The zero-order valence-electron chi connectivity index (χ0n) is 15.8. The molecule has 0 radical (unpaired) electrons. The van der Waals surface area contributed by atoms with Crippen molar-refractivity contribution in [1.29, 1.82) is 0 Å². The van der Waals surface area contributed by atoms with Crippen LogP contribution in [0, 0.1) is 0 Å². The van der Waals surface area contributed by atoms with Gasteiger partial charge in [0.2, 0.25) is 0 Å². The molecule has 2 rings (SSSR count). The summed E-state index contributed by atoms with van der Waals surface area (Å²) >= 11 is 6.64. The summed E-state index contributed by atoms with van der Waals surface area (Å²) in [5.74, 6) is -0.902. The summed E-state index contributed by atoms with van der Waals surface area (Å²) in [5.41, 5.74) is 2.25. The highest BCUT2D eigenvalue weighted by Gasteiger charge is 2.29. The molecule has 2 atom stereocenters. The van der Waals surface area contributed by atoms with E-state index in [2.05, 4.69) is 37.2 Å². The SMILES string of the molecule is CCO[C@@H](/C=C/C(=O)NO)[C@@H](OC(=O)Nc1ccc(Br)cc1)c1cc(Br)ccc1O. The Morgan fingerprint density at radius 3 is 2.43 bits per heavy atom. The molecule has 0 unspecified atom stereocenters. The molecule has 10 heteroatoms. The summed E-state index contributed by atoms with van der Waals surface area (Å²) in [7, 11) is 0. The molecule has 2 aromatic carbocycles. The molecule has 0 aliphatic carbocycles. The van der Waals surface area contributed by atoms with Crippen LogP contribution in [0.3, 0.4) is 0 Å². The number of rotatable bonds is 8. The molecule has 0 aliphatic heterocycles. The summed E-state index contributed by atoms with van der Waals surface area (Å²) in [4.78, 5) is 24.0. The molecule has 0 fully saturated rings. The average Bonchev–Trinajstić information content (AvgIpc) is 2.73. The second-order valence-electron chi connectivity index (χ2n) is 5.92. The Morgan fingerprint density at radius 2 is 1.80 bits per heavy atom. The summed E-state index contributed by atoms with van der Waals surface area (Å²) in [6.45, 7) is 1.96. The lowest BCUT2D eigenvalue weighted by molar-refractivity contribution is -0.124. The van der Waals surface area contributed by atoms with Crippen molar-refractivity contribution in [3.05, 3.63) is 69.1 Å². The lowest BCUT2D eigenvalue weighted by Gasteiger charge is -2.26. The van der Waals surface area contributed by atoms with E-state index in [1.807, 2.05) is 0 Å². The van der Waals surface area contributed by atoms with Gasteiger partial charge in [-0.25, -0.2) is 10.3 Å². The molecule has 30 heavy (non-hydrogen) atoms. The Balaban J connectivity index is 2.34. The Morgan fingerprint density at radius 1 is 1.13 bits per heavy atom. The first-order valence-electron chi connectivity index (χ1n) is 8.79. The molecule has 2 amide bonds. The summed E-state index contributed by atoms with van der Waals surface area (Å²) in [6.07, 6.45) is -0.444. The van der Waals surface area contributed by atoms with Gasteiger partial charge in [-0.05, 0) is 55.5 Å². The number of carbonyl (C=O) groups is 2. The van der Waals surface area contributed by atoms with Crippen LogP contribution in [0.1, 0.15) is 18.6 Å². The first-order valence-corrected chi connectivity index (χ1v) is 10.4. The molecule has 0 bridgehead atoms. The third-order valence-corrected chi connectivity index (χ3v) is 4.85. The number of anilines is 1. The largest absolute Gasteiger partial charge is 0.508 e. The van der Waals surface area contributed by atoms with Gasteiger partial charge in [-0.2, -0.15) is 0 Å². The molecule has 0 aliphatic rings. The molecule has 4 N–H and O–H groups in total. The molecule has 0 saturated carbocycles. The Kier molecular flexibility index (Phi) is 9.31. The maximum Gasteiger partial charge on any atom is 0.412 e. The molecule has 2 aromatic rings. The molecule has 160 valence electrons. The van der Waals surface area contributed by atoms with Gasteiger partial charge in [-0.15, -0.1) is 0 Å². The van der Waals surface area contributed by atoms with Crippen LogP contribution in [-0.4, -0.2) is 35.0 Å². The van der Waals surface area contributed by atoms with Gasteiger partial charge in [0, 0.05) is 32.9 Å². The van der Waals surface area contributed by atoms with Gasteiger partial charge >= 0.3 is 6.09 Å². The maximum atomic E-state index is 12.5. The van der Waals surface area contributed by atoms with Crippen molar-refractivity contribution in [3.8, 4) is 5.75 Å². The lowest BCUT2D eigenvalue weighted by atomic mass is 10.0. The molecule has 0 aromatic heterocycles. The number of carbonyl (C=O) groups excluding carboxylic acids is 2. The first-order chi connectivity index (χ1) is 14.3. The quantitative estimate of drug-likeness (QED) is 0.218. The van der Waals surface area contributed by atoms with E-state index in [4.69, 9.17) is 14.7 Å².